The van der Waals surface area contributed by atoms with Crippen LogP contribution < -0.4 is 4.74 Å². The Kier molecular flexibility index (Phi) is 5.89. The molecule has 0 unspecified atom stereocenters. The topological polar surface area (TPSA) is 68.0 Å². The molecule has 1 heterocycles. The van der Waals surface area contributed by atoms with Crippen LogP contribution >= 0.6 is 0 Å². The summed E-state index contributed by atoms with van der Waals surface area (Å²) in [5.74, 6) is 0. The first-order chi connectivity index (χ1) is 7.86. The lowest BCUT2D eigenvalue weighted by molar-refractivity contribution is 0.0947. The summed E-state index contributed by atoms with van der Waals surface area (Å²) in [7, 11) is 0. The van der Waals surface area contributed by atoms with E-state index in [2.05, 4.69) is 16.9 Å². The van der Waals surface area contributed by atoms with E-state index in [9.17, 15) is 0 Å². The highest BCUT2D eigenvalue weighted by atomic mass is 16.5. The monoisotopic (exact) mass is 221 g/mol. The average molecular weight is 221 g/mol. The van der Waals surface area contributed by atoms with Gasteiger partial charge in [0.05, 0.1) is 6.61 Å². The van der Waals surface area contributed by atoms with Gasteiger partial charge in [-0.05, 0) is 12.5 Å². The van der Waals surface area contributed by atoms with Crippen molar-refractivity contribution in [2.45, 2.75) is 19.8 Å². The van der Waals surface area contributed by atoms with E-state index in [1.165, 1.54) is 12.3 Å². The molecule has 0 saturated carbocycles. The van der Waals surface area contributed by atoms with Crippen molar-refractivity contribution in [3.05, 3.63) is 18.0 Å². The Morgan fingerprint density at radius 3 is 3.00 bits per heavy atom. The summed E-state index contributed by atoms with van der Waals surface area (Å²) in [5.41, 5.74) is 0.303. The minimum atomic E-state index is 0.221. The molecule has 0 aromatic carbocycles. The number of aromatic nitrogens is 2. The summed E-state index contributed by atoms with van der Waals surface area (Å²) < 4.78 is 10.5. The number of nitriles is 1. The predicted octanol–water partition coefficient (Wildman–Crippen LogP) is 1.54. The van der Waals surface area contributed by atoms with Crippen molar-refractivity contribution in [2.75, 3.05) is 19.8 Å². The van der Waals surface area contributed by atoms with Gasteiger partial charge in [-0.25, -0.2) is 4.98 Å². The zero-order chi connectivity index (χ0) is 11.6. The first kappa shape index (κ1) is 12.4. The van der Waals surface area contributed by atoms with Crippen LogP contribution in [0.1, 0.15) is 25.5 Å². The lowest BCUT2D eigenvalue weighted by atomic mass is 10.4. The van der Waals surface area contributed by atoms with Crippen molar-refractivity contribution in [3.63, 3.8) is 0 Å². The normalized spacial score (nSPS) is 9.75. The predicted molar refractivity (Wildman–Crippen MR) is 58.0 cm³/mol. The molecule has 0 aliphatic rings. The second-order valence-corrected chi connectivity index (χ2v) is 3.15. The van der Waals surface area contributed by atoms with Crippen molar-refractivity contribution < 1.29 is 9.47 Å². The SMILES string of the molecule is CCCCOCCOc1nccc(C#N)n1. The first-order valence-corrected chi connectivity index (χ1v) is 5.30. The zero-order valence-corrected chi connectivity index (χ0v) is 9.35. The Hall–Kier alpha value is -1.67. The average Bonchev–Trinajstić information content (AvgIpc) is 2.34. The van der Waals surface area contributed by atoms with Gasteiger partial charge in [0.2, 0.25) is 0 Å². The molecular weight excluding hydrogens is 206 g/mol. The Labute approximate surface area is 95.0 Å². The Bertz CT molecular complexity index is 349. The van der Waals surface area contributed by atoms with Crippen molar-refractivity contribution in [1.82, 2.24) is 9.97 Å². The maximum absolute atomic E-state index is 8.61. The van der Waals surface area contributed by atoms with Crippen LogP contribution in [0.4, 0.5) is 0 Å². The van der Waals surface area contributed by atoms with Gasteiger partial charge in [0, 0.05) is 12.8 Å². The number of nitrogens with zero attached hydrogens (tertiary/aromatic N) is 3. The minimum absolute atomic E-state index is 0.221. The molecule has 0 saturated heterocycles. The fourth-order valence-electron chi connectivity index (χ4n) is 1.01. The fraction of sp³-hybridized carbons (Fsp3) is 0.545. The molecule has 86 valence electrons. The quantitative estimate of drug-likeness (QED) is 0.653. The molecular formula is C11H15N3O2. The molecule has 0 amide bonds. The van der Waals surface area contributed by atoms with Crippen LogP contribution in [0.2, 0.25) is 0 Å². The summed E-state index contributed by atoms with van der Waals surface area (Å²) in [6, 6.07) is 3.68. The highest BCUT2D eigenvalue weighted by Gasteiger charge is 1.98. The molecule has 0 radical (unpaired) electrons. The Morgan fingerprint density at radius 1 is 1.38 bits per heavy atom. The van der Waals surface area contributed by atoms with E-state index in [4.69, 9.17) is 14.7 Å². The maximum atomic E-state index is 8.61. The van der Waals surface area contributed by atoms with Gasteiger partial charge in [-0.1, -0.05) is 13.3 Å². The van der Waals surface area contributed by atoms with Crippen molar-refractivity contribution in [1.29, 1.82) is 5.26 Å². The summed E-state index contributed by atoms with van der Waals surface area (Å²) in [6.45, 7) is 3.78. The number of hydrogen-bond acceptors (Lipinski definition) is 5. The van der Waals surface area contributed by atoms with Gasteiger partial charge in [-0.3, -0.25) is 0 Å². The largest absolute Gasteiger partial charge is 0.461 e. The van der Waals surface area contributed by atoms with Crippen LogP contribution in [-0.4, -0.2) is 29.8 Å². The van der Waals surface area contributed by atoms with E-state index in [-0.39, 0.29) is 6.01 Å². The summed E-state index contributed by atoms with van der Waals surface area (Å²) >= 11 is 0. The molecule has 1 aromatic heterocycles. The molecule has 0 fully saturated rings. The molecule has 1 aromatic rings. The number of unbranched alkanes of at least 4 members (excludes halogenated alkanes) is 1. The van der Waals surface area contributed by atoms with Crippen LogP contribution in [0.5, 0.6) is 6.01 Å². The molecule has 0 spiro atoms. The van der Waals surface area contributed by atoms with Gasteiger partial charge >= 0.3 is 6.01 Å². The third-order valence-electron chi connectivity index (χ3n) is 1.85. The van der Waals surface area contributed by atoms with Gasteiger partial charge in [-0.2, -0.15) is 10.2 Å². The molecule has 0 aliphatic heterocycles. The fourth-order valence-corrected chi connectivity index (χ4v) is 1.01. The highest BCUT2D eigenvalue weighted by Crippen LogP contribution is 2.01. The van der Waals surface area contributed by atoms with Crippen LogP contribution in [-0.2, 0) is 4.74 Å². The smallest absolute Gasteiger partial charge is 0.317 e. The van der Waals surface area contributed by atoms with E-state index < -0.39 is 0 Å². The van der Waals surface area contributed by atoms with Crippen molar-refractivity contribution >= 4 is 0 Å². The molecule has 0 aliphatic carbocycles. The lowest BCUT2D eigenvalue weighted by Crippen LogP contribution is -2.09. The van der Waals surface area contributed by atoms with Crippen LogP contribution in [0.3, 0.4) is 0 Å². The standard InChI is InChI=1S/C11H15N3O2/c1-2-3-6-15-7-8-16-11-13-5-4-10(9-12)14-11/h4-5H,2-3,6-8H2,1H3. The zero-order valence-electron chi connectivity index (χ0n) is 9.35. The Morgan fingerprint density at radius 2 is 2.25 bits per heavy atom. The third kappa shape index (κ3) is 4.71. The van der Waals surface area contributed by atoms with Gasteiger partial charge < -0.3 is 9.47 Å². The first-order valence-electron chi connectivity index (χ1n) is 5.30. The summed E-state index contributed by atoms with van der Waals surface area (Å²) in [6.07, 6.45) is 3.67. The van der Waals surface area contributed by atoms with Crippen LogP contribution in [0.25, 0.3) is 0 Å². The number of hydrogen-bond donors (Lipinski definition) is 0. The molecule has 0 bridgehead atoms. The van der Waals surface area contributed by atoms with Crippen LogP contribution in [0, 0.1) is 11.3 Å². The van der Waals surface area contributed by atoms with Gasteiger partial charge in [0.25, 0.3) is 0 Å². The maximum Gasteiger partial charge on any atom is 0.317 e. The van der Waals surface area contributed by atoms with Crippen LogP contribution in [0.15, 0.2) is 12.3 Å². The second kappa shape index (κ2) is 7.60. The Balaban J connectivity index is 2.19. The molecule has 0 N–H and O–H groups in total. The van der Waals surface area contributed by atoms with E-state index in [0.29, 0.717) is 18.9 Å². The molecule has 5 heteroatoms. The number of ether oxygens (including phenoxy) is 2. The minimum Gasteiger partial charge on any atom is -0.461 e. The molecule has 1 rings (SSSR count). The van der Waals surface area contributed by atoms with Crippen molar-refractivity contribution in [3.8, 4) is 12.1 Å². The van der Waals surface area contributed by atoms with E-state index >= 15 is 0 Å². The van der Waals surface area contributed by atoms with Gasteiger partial charge in [0.15, 0.2) is 0 Å². The highest BCUT2D eigenvalue weighted by molar-refractivity contribution is 5.19. The second-order valence-electron chi connectivity index (χ2n) is 3.15. The number of rotatable bonds is 7. The van der Waals surface area contributed by atoms with Crippen molar-refractivity contribution in [2.24, 2.45) is 0 Å². The van der Waals surface area contributed by atoms with E-state index in [0.717, 1.165) is 19.4 Å². The van der Waals surface area contributed by atoms with E-state index in [1.807, 2.05) is 6.07 Å². The van der Waals surface area contributed by atoms with E-state index in [1.54, 1.807) is 0 Å². The lowest BCUT2D eigenvalue weighted by Gasteiger charge is -2.04. The molecule has 0 atom stereocenters. The van der Waals surface area contributed by atoms with Gasteiger partial charge in [0.1, 0.15) is 18.4 Å². The van der Waals surface area contributed by atoms with Gasteiger partial charge in [-0.15, -0.1) is 0 Å². The summed E-state index contributed by atoms with van der Waals surface area (Å²) in [4.78, 5) is 7.76. The summed E-state index contributed by atoms with van der Waals surface area (Å²) in [5, 5.41) is 8.61. The molecule has 5 nitrogen and oxygen atoms in total. The third-order valence-corrected chi connectivity index (χ3v) is 1.85. The molecule has 16 heavy (non-hydrogen) atoms.